The van der Waals surface area contributed by atoms with Gasteiger partial charge in [0.05, 0.1) is 3.57 Å². The predicted octanol–water partition coefficient (Wildman–Crippen LogP) is 3.94. The highest BCUT2D eigenvalue weighted by atomic mass is 127. The molecule has 1 heterocycles. The highest BCUT2D eigenvalue weighted by Crippen LogP contribution is 2.24. The molecule has 94 valence electrons. The second-order valence-electron chi connectivity index (χ2n) is 4.20. The molecule has 1 N–H and O–H groups in total. The fourth-order valence-electron chi connectivity index (χ4n) is 2.01. The summed E-state index contributed by atoms with van der Waals surface area (Å²) in [6.45, 7) is 0. The normalized spacial score (nSPS) is 10.6. The van der Waals surface area contributed by atoms with Gasteiger partial charge in [-0.1, -0.05) is 36.4 Å². The Hall–Kier alpha value is -1.69. The molecule has 3 nitrogen and oxygen atoms in total. The van der Waals surface area contributed by atoms with E-state index in [4.69, 9.17) is 0 Å². The maximum absolute atomic E-state index is 4.54. The molecule has 0 saturated heterocycles. The molecule has 0 radical (unpaired) electrons. The second kappa shape index (κ2) is 5.13. The first-order valence-electron chi connectivity index (χ1n) is 5.97. The Morgan fingerprint density at radius 1 is 1.05 bits per heavy atom. The maximum Gasteiger partial charge on any atom is 0.161 e. The molecule has 3 rings (SSSR count). The Morgan fingerprint density at radius 2 is 1.84 bits per heavy atom. The van der Waals surface area contributed by atoms with Crippen LogP contribution in [0.15, 0.2) is 48.7 Å². The van der Waals surface area contributed by atoms with Crippen molar-refractivity contribution >= 4 is 39.2 Å². The van der Waals surface area contributed by atoms with Crippen LogP contribution in [0, 0.1) is 3.57 Å². The lowest BCUT2D eigenvalue weighted by atomic mass is 10.1. The zero-order chi connectivity index (χ0) is 13.2. The third kappa shape index (κ3) is 2.40. The van der Waals surface area contributed by atoms with Crippen molar-refractivity contribution in [3.05, 3.63) is 52.2 Å². The van der Waals surface area contributed by atoms with Gasteiger partial charge >= 0.3 is 0 Å². The van der Waals surface area contributed by atoms with Gasteiger partial charge in [0.25, 0.3) is 0 Å². The van der Waals surface area contributed by atoms with Crippen molar-refractivity contribution in [1.82, 2.24) is 9.97 Å². The molecule has 4 heteroatoms. The summed E-state index contributed by atoms with van der Waals surface area (Å²) in [6, 6.07) is 14.6. The van der Waals surface area contributed by atoms with Crippen molar-refractivity contribution in [3.8, 4) is 11.4 Å². The first-order valence-corrected chi connectivity index (χ1v) is 7.05. The number of rotatable bonds is 2. The number of fused-ring (bicyclic) bond motifs is 1. The van der Waals surface area contributed by atoms with Crippen molar-refractivity contribution < 1.29 is 0 Å². The van der Waals surface area contributed by atoms with Crippen LogP contribution in [0.4, 0.5) is 5.82 Å². The molecule has 0 spiro atoms. The van der Waals surface area contributed by atoms with Crippen molar-refractivity contribution in [1.29, 1.82) is 0 Å². The number of anilines is 1. The average molecular weight is 361 g/mol. The molecule has 0 fully saturated rings. The molecule has 0 saturated carbocycles. The summed E-state index contributed by atoms with van der Waals surface area (Å²) < 4.78 is 1.02. The van der Waals surface area contributed by atoms with Gasteiger partial charge in [-0.2, -0.15) is 0 Å². The zero-order valence-corrected chi connectivity index (χ0v) is 12.5. The largest absolute Gasteiger partial charge is 0.372 e. The Morgan fingerprint density at radius 3 is 2.63 bits per heavy atom. The van der Waals surface area contributed by atoms with Crippen LogP contribution < -0.4 is 5.32 Å². The van der Waals surface area contributed by atoms with E-state index in [2.05, 4.69) is 68.2 Å². The van der Waals surface area contributed by atoms with Gasteiger partial charge in [-0.05, 0) is 39.4 Å². The van der Waals surface area contributed by atoms with Crippen LogP contribution in [-0.4, -0.2) is 17.0 Å². The molecule has 19 heavy (non-hydrogen) atoms. The maximum atomic E-state index is 4.54. The van der Waals surface area contributed by atoms with Gasteiger partial charge < -0.3 is 5.32 Å². The van der Waals surface area contributed by atoms with E-state index in [0.29, 0.717) is 0 Å². The van der Waals surface area contributed by atoms with E-state index in [9.17, 15) is 0 Å². The van der Waals surface area contributed by atoms with Crippen molar-refractivity contribution in [2.45, 2.75) is 0 Å². The third-order valence-corrected chi connectivity index (χ3v) is 3.78. The number of hydrogen-bond acceptors (Lipinski definition) is 3. The van der Waals surface area contributed by atoms with Crippen LogP contribution >= 0.6 is 22.6 Å². The van der Waals surface area contributed by atoms with Crippen LogP contribution in [0.1, 0.15) is 0 Å². The Bertz CT molecular complexity index is 740. The molecule has 0 unspecified atom stereocenters. The van der Waals surface area contributed by atoms with Gasteiger partial charge in [-0.3, -0.25) is 0 Å². The first-order chi connectivity index (χ1) is 9.28. The lowest BCUT2D eigenvalue weighted by Crippen LogP contribution is -1.99. The summed E-state index contributed by atoms with van der Waals surface area (Å²) >= 11 is 2.22. The molecule has 2 aromatic carbocycles. The van der Waals surface area contributed by atoms with Gasteiger partial charge in [0.15, 0.2) is 5.82 Å². The summed E-state index contributed by atoms with van der Waals surface area (Å²) in [6.07, 6.45) is 1.84. The van der Waals surface area contributed by atoms with Gasteiger partial charge in [-0.15, -0.1) is 0 Å². The third-order valence-electron chi connectivity index (χ3n) is 2.99. The minimum Gasteiger partial charge on any atom is -0.372 e. The van der Waals surface area contributed by atoms with Crippen molar-refractivity contribution in [2.24, 2.45) is 0 Å². The molecule has 1 aromatic heterocycles. The molecular formula is C15H12IN3. The van der Waals surface area contributed by atoms with Crippen LogP contribution in [0.2, 0.25) is 0 Å². The second-order valence-corrected chi connectivity index (χ2v) is 5.36. The molecule has 0 aliphatic rings. The van der Waals surface area contributed by atoms with E-state index in [0.717, 1.165) is 20.8 Å². The van der Waals surface area contributed by atoms with Gasteiger partial charge in [0, 0.05) is 18.8 Å². The summed E-state index contributed by atoms with van der Waals surface area (Å²) in [5, 5.41) is 5.51. The van der Waals surface area contributed by atoms with Crippen LogP contribution in [0.3, 0.4) is 0 Å². The average Bonchev–Trinajstić information content (AvgIpc) is 2.47. The number of halogens is 1. The van der Waals surface area contributed by atoms with Crippen LogP contribution in [0.25, 0.3) is 22.2 Å². The Kier molecular flexibility index (Phi) is 3.33. The van der Waals surface area contributed by atoms with Crippen molar-refractivity contribution in [3.63, 3.8) is 0 Å². The standard InChI is InChI=1S/C15H12IN3/c1-17-15-13(16)9-18-14(19-15)12-7-6-10-4-2-3-5-11(10)8-12/h2-9H,1H3,(H,17,18,19). The number of aromatic nitrogens is 2. The number of nitrogens with zero attached hydrogens (tertiary/aromatic N) is 2. The van der Waals surface area contributed by atoms with E-state index in [1.54, 1.807) is 0 Å². The SMILES string of the molecule is CNc1nc(-c2ccc3ccccc3c2)ncc1I. The smallest absolute Gasteiger partial charge is 0.161 e. The monoisotopic (exact) mass is 361 g/mol. The fourth-order valence-corrected chi connectivity index (χ4v) is 2.54. The lowest BCUT2D eigenvalue weighted by Gasteiger charge is -2.06. The quantitative estimate of drug-likeness (QED) is 0.703. The highest BCUT2D eigenvalue weighted by Gasteiger charge is 2.06. The summed E-state index contributed by atoms with van der Waals surface area (Å²) in [7, 11) is 1.87. The Labute approximate surface area is 125 Å². The number of hydrogen-bond donors (Lipinski definition) is 1. The molecular weight excluding hydrogens is 349 g/mol. The summed E-state index contributed by atoms with van der Waals surface area (Å²) in [5.74, 6) is 1.61. The predicted molar refractivity (Wildman–Crippen MR) is 87.2 cm³/mol. The van der Waals surface area contributed by atoms with Gasteiger partial charge in [-0.25, -0.2) is 9.97 Å². The molecule has 0 aliphatic carbocycles. The first kappa shape index (κ1) is 12.3. The molecule has 0 atom stereocenters. The highest BCUT2D eigenvalue weighted by molar-refractivity contribution is 14.1. The number of nitrogens with one attached hydrogen (secondary N) is 1. The minimum absolute atomic E-state index is 0.746. The minimum atomic E-state index is 0.746. The molecule has 3 aromatic rings. The van der Waals surface area contributed by atoms with Gasteiger partial charge in [0.2, 0.25) is 0 Å². The van der Waals surface area contributed by atoms with E-state index >= 15 is 0 Å². The zero-order valence-electron chi connectivity index (χ0n) is 10.4. The molecule has 0 amide bonds. The summed E-state index contributed by atoms with van der Waals surface area (Å²) in [5.41, 5.74) is 1.03. The molecule has 0 bridgehead atoms. The summed E-state index contributed by atoms with van der Waals surface area (Å²) in [4.78, 5) is 8.94. The van der Waals surface area contributed by atoms with Crippen LogP contribution in [0.5, 0.6) is 0 Å². The van der Waals surface area contributed by atoms with E-state index < -0.39 is 0 Å². The number of benzene rings is 2. The Balaban J connectivity index is 2.13. The lowest BCUT2D eigenvalue weighted by molar-refractivity contribution is 1.15. The van der Waals surface area contributed by atoms with Crippen molar-refractivity contribution in [2.75, 3.05) is 12.4 Å². The van der Waals surface area contributed by atoms with E-state index in [-0.39, 0.29) is 0 Å². The molecule has 0 aliphatic heterocycles. The van der Waals surface area contributed by atoms with E-state index in [1.165, 1.54) is 10.8 Å². The van der Waals surface area contributed by atoms with Crippen LogP contribution in [-0.2, 0) is 0 Å². The topological polar surface area (TPSA) is 37.8 Å². The fraction of sp³-hybridized carbons (Fsp3) is 0.0667. The van der Waals surface area contributed by atoms with Gasteiger partial charge in [0.1, 0.15) is 5.82 Å². The van der Waals surface area contributed by atoms with E-state index in [1.807, 2.05) is 25.4 Å².